The van der Waals surface area contributed by atoms with Crippen LogP contribution in [0.5, 0.6) is 0 Å². The van der Waals surface area contributed by atoms with Crippen LogP contribution in [-0.2, 0) is 14.3 Å². The van der Waals surface area contributed by atoms with Gasteiger partial charge in [-0.15, -0.1) is 0 Å². The zero-order chi connectivity index (χ0) is 13.0. The Kier molecular flexibility index (Phi) is 4.13. The van der Waals surface area contributed by atoms with Crippen molar-refractivity contribution in [2.75, 3.05) is 6.61 Å². The lowest BCUT2D eigenvalue weighted by molar-refractivity contribution is -0.150. The van der Waals surface area contributed by atoms with Crippen molar-refractivity contribution in [3.05, 3.63) is 35.9 Å². The highest BCUT2D eigenvalue weighted by Gasteiger charge is 2.35. The van der Waals surface area contributed by atoms with Crippen LogP contribution in [0.2, 0.25) is 0 Å². The number of ether oxygens (including phenoxy) is 1. The van der Waals surface area contributed by atoms with Crippen LogP contribution in [0.15, 0.2) is 30.3 Å². The first-order chi connectivity index (χ1) is 8.72. The highest BCUT2D eigenvalue weighted by atomic mass is 16.5. The van der Waals surface area contributed by atoms with Crippen LogP contribution in [0.1, 0.15) is 37.7 Å². The first-order valence-corrected chi connectivity index (χ1v) is 6.45. The number of benzene rings is 1. The largest absolute Gasteiger partial charge is 0.466 e. The van der Waals surface area contributed by atoms with Gasteiger partial charge in [0.05, 0.1) is 12.5 Å². The van der Waals surface area contributed by atoms with Crippen molar-refractivity contribution < 1.29 is 14.3 Å². The maximum Gasteiger partial charge on any atom is 0.309 e. The quantitative estimate of drug-likeness (QED) is 0.770. The Morgan fingerprint density at radius 1 is 1.33 bits per heavy atom. The highest BCUT2D eigenvalue weighted by molar-refractivity contribution is 5.84. The van der Waals surface area contributed by atoms with E-state index in [9.17, 15) is 9.59 Å². The highest BCUT2D eigenvalue weighted by Crippen LogP contribution is 2.36. The van der Waals surface area contributed by atoms with Crippen LogP contribution in [-0.4, -0.2) is 18.4 Å². The summed E-state index contributed by atoms with van der Waals surface area (Å²) >= 11 is 0. The number of rotatable bonds is 3. The molecule has 0 saturated heterocycles. The van der Waals surface area contributed by atoms with Gasteiger partial charge in [-0.1, -0.05) is 30.3 Å². The molecule has 0 N–H and O–H groups in total. The molecule has 0 heterocycles. The van der Waals surface area contributed by atoms with Crippen LogP contribution in [0.3, 0.4) is 0 Å². The molecule has 0 aromatic heterocycles. The molecule has 18 heavy (non-hydrogen) atoms. The summed E-state index contributed by atoms with van der Waals surface area (Å²) in [6.45, 7) is 2.20. The fourth-order valence-electron chi connectivity index (χ4n) is 2.59. The molecule has 0 aliphatic heterocycles. The first kappa shape index (κ1) is 12.8. The summed E-state index contributed by atoms with van der Waals surface area (Å²) in [5, 5.41) is 0. The molecular weight excluding hydrogens is 228 g/mol. The molecule has 96 valence electrons. The van der Waals surface area contributed by atoms with E-state index in [1.807, 2.05) is 37.3 Å². The molecule has 3 heteroatoms. The van der Waals surface area contributed by atoms with E-state index in [4.69, 9.17) is 4.74 Å². The number of carbonyl (C=O) groups excluding carboxylic acids is 2. The average Bonchev–Trinajstić information content (AvgIpc) is 2.40. The second-order valence-corrected chi connectivity index (χ2v) is 4.66. The summed E-state index contributed by atoms with van der Waals surface area (Å²) in [6.07, 6.45) is 1.55. The Morgan fingerprint density at radius 3 is 2.72 bits per heavy atom. The third-order valence-electron chi connectivity index (χ3n) is 3.48. The lowest BCUT2D eigenvalue weighted by Crippen LogP contribution is -2.30. The molecule has 1 aliphatic carbocycles. The predicted octanol–water partition coefficient (Wildman–Crippen LogP) is 2.70. The van der Waals surface area contributed by atoms with E-state index in [0.717, 1.165) is 5.56 Å². The van der Waals surface area contributed by atoms with Gasteiger partial charge in [-0.05, 0) is 18.9 Å². The molecular formula is C15H18O3. The summed E-state index contributed by atoms with van der Waals surface area (Å²) in [5.74, 6) is -0.125. The van der Waals surface area contributed by atoms with Crippen molar-refractivity contribution in [2.45, 2.75) is 32.1 Å². The van der Waals surface area contributed by atoms with Crippen molar-refractivity contribution in [1.82, 2.24) is 0 Å². The van der Waals surface area contributed by atoms with E-state index in [1.54, 1.807) is 0 Å². The third kappa shape index (κ3) is 2.78. The molecule has 1 aromatic rings. The standard InChI is InChI=1S/C15H18O3/c1-2-18-15(17)13-9-8-12(16)10-14(13)11-6-4-3-5-7-11/h3-7,13-14H,2,8-10H2,1H3/t13-,14-/m1/s1. The normalized spacial score (nSPS) is 23.7. The minimum atomic E-state index is -0.176. The molecule has 0 unspecified atom stereocenters. The van der Waals surface area contributed by atoms with Crippen LogP contribution in [0, 0.1) is 5.92 Å². The Hall–Kier alpha value is -1.64. The molecule has 2 atom stereocenters. The second kappa shape index (κ2) is 5.80. The van der Waals surface area contributed by atoms with E-state index >= 15 is 0 Å². The zero-order valence-corrected chi connectivity index (χ0v) is 10.6. The molecule has 1 aliphatic rings. The molecule has 0 spiro atoms. The SMILES string of the molecule is CCOC(=O)[C@@H]1CCC(=O)C[C@@H]1c1ccccc1. The van der Waals surface area contributed by atoms with Gasteiger partial charge in [-0.3, -0.25) is 9.59 Å². The Labute approximate surface area is 107 Å². The van der Waals surface area contributed by atoms with Crippen molar-refractivity contribution in [2.24, 2.45) is 5.92 Å². The van der Waals surface area contributed by atoms with Crippen LogP contribution in [0.4, 0.5) is 0 Å². The van der Waals surface area contributed by atoms with Gasteiger partial charge in [0.15, 0.2) is 0 Å². The van der Waals surface area contributed by atoms with Gasteiger partial charge in [0.2, 0.25) is 0 Å². The average molecular weight is 246 g/mol. The van der Waals surface area contributed by atoms with Gasteiger partial charge in [0.25, 0.3) is 0 Å². The number of ketones is 1. The van der Waals surface area contributed by atoms with Crippen LogP contribution in [0.25, 0.3) is 0 Å². The molecule has 1 aromatic carbocycles. The van der Waals surface area contributed by atoms with Crippen LogP contribution >= 0.6 is 0 Å². The van der Waals surface area contributed by atoms with Gasteiger partial charge >= 0.3 is 5.97 Å². The number of carbonyl (C=O) groups is 2. The molecule has 1 fully saturated rings. The molecule has 0 amide bonds. The number of Topliss-reactive ketones (excluding diaryl/α,β-unsaturated/α-hetero) is 1. The molecule has 2 rings (SSSR count). The minimum absolute atomic E-state index is 0.0218. The van der Waals surface area contributed by atoms with E-state index < -0.39 is 0 Å². The van der Waals surface area contributed by atoms with Gasteiger partial charge in [-0.25, -0.2) is 0 Å². The summed E-state index contributed by atoms with van der Waals surface area (Å²) in [7, 11) is 0. The van der Waals surface area contributed by atoms with Gasteiger partial charge in [0, 0.05) is 18.8 Å². The first-order valence-electron chi connectivity index (χ1n) is 6.45. The lowest BCUT2D eigenvalue weighted by atomic mass is 9.75. The van der Waals surface area contributed by atoms with Gasteiger partial charge < -0.3 is 4.74 Å². The summed E-state index contributed by atoms with van der Waals surface area (Å²) in [5.41, 5.74) is 1.06. The van der Waals surface area contributed by atoms with Gasteiger partial charge in [-0.2, -0.15) is 0 Å². The monoisotopic (exact) mass is 246 g/mol. The van der Waals surface area contributed by atoms with E-state index in [0.29, 0.717) is 25.9 Å². The zero-order valence-electron chi connectivity index (χ0n) is 10.6. The Balaban J connectivity index is 2.21. The van der Waals surface area contributed by atoms with E-state index in [-0.39, 0.29) is 23.6 Å². The number of esters is 1. The van der Waals surface area contributed by atoms with Crippen molar-refractivity contribution in [3.8, 4) is 0 Å². The maximum absolute atomic E-state index is 12.0. The maximum atomic E-state index is 12.0. The number of hydrogen-bond acceptors (Lipinski definition) is 3. The summed E-state index contributed by atoms with van der Waals surface area (Å²) in [6, 6.07) is 9.78. The van der Waals surface area contributed by atoms with Crippen molar-refractivity contribution in [1.29, 1.82) is 0 Å². The molecule has 0 radical (unpaired) electrons. The predicted molar refractivity (Wildman–Crippen MR) is 68.2 cm³/mol. The molecule has 3 nitrogen and oxygen atoms in total. The fourth-order valence-corrected chi connectivity index (χ4v) is 2.59. The van der Waals surface area contributed by atoms with E-state index in [1.165, 1.54) is 0 Å². The fraction of sp³-hybridized carbons (Fsp3) is 0.467. The Morgan fingerprint density at radius 2 is 2.06 bits per heavy atom. The van der Waals surface area contributed by atoms with Crippen molar-refractivity contribution in [3.63, 3.8) is 0 Å². The van der Waals surface area contributed by atoms with Gasteiger partial charge in [0.1, 0.15) is 5.78 Å². The summed E-state index contributed by atoms with van der Waals surface area (Å²) in [4.78, 5) is 23.6. The molecule has 0 bridgehead atoms. The molecule has 1 saturated carbocycles. The summed E-state index contributed by atoms with van der Waals surface area (Å²) < 4.78 is 5.12. The van der Waals surface area contributed by atoms with Crippen molar-refractivity contribution >= 4 is 11.8 Å². The minimum Gasteiger partial charge on any atom is -0.466 e. The smallest absolute Gasteiger partial charge is 0.309 e. The third-order valence-corrected chi connectivity index (χ3v) is 3.48. The van der Waals surface area contributed by atoms with Crippen LogP contribution < -0.4 is 0 Å². The second-order valence-electron chi connectivity index (χ2n) is 4.66. The Bertz CT molecular complexity index is 425. The lowest BCUT2D eigenvalue weighted by Gasteiger charge is -2.29. The number of hydrogen-bond donors (Lipinski definition) is 0. The topological polar surface area (TPSA) is 43.4 Å². The van der Waals surface area contributed by atoms with E-state index in [2.05, 4.69) is 0 Å².